The second kappa shape index (κ2) is 9.63. The number of hydrogen-bond acceptors (Lipinski definition) is 6. The summed E-state index contributed by atoms with van der Waals surface area (Å²) in [6.07, 6.45) is 1.10. The van der Waals surface area contributed by atoms with E-state index < -0.39 is 17.8 Å². The van der Waals surface area contributed by atoms with Crippen molar-refractivity contribution in [1.29, 1.82) is 0 Å². The second-order valence-electron chi connectivity index (χ2n) is 9.11. The zero-order valence-electron chi connectivity index (χ0n) is 18.7. The third-order valence-corrected chi connectivity index (χ3v) is 6.23. The maximum Gasteiger partial charge on any atom is 0.336 e. The number of aliphatic hydroxyl groups is 1. The van der Waals surface area contributed by atoms with Gasteiger partial charge in [0.15, 0.2) is 0 Å². The number of aliphatic hydroxyl groups excluding tert-OH is 1. The monoisotopic (exact) mass is 446 g/mol. The summed E-state index contributed by atoms with van der Waals surface area (Å²) in [5, 5.41) is 9.85. The molecule has 1 aromatic carbocycles. The van der Waals surface area contributed by atoms with Crippen LogP contribution in [0.2, 0.25) is 5.02 Å². The minimum absolute atomic E-state index is 0.00280. The molecule has 1 aliphatic carbocycles. The van der Waals surface area contributed by atoms with Gasteiger partial charge in [0, 0.05) is 36.2 Å². The van der Waals surface area contributed by atoms with Crippen molar-refractivity contribution in [1.82, 2.24) is 4.90 Å². The fourth-order valence-electron chi connectivity index (χ4n) is 4.64. The maximum atomic E-state index is 13.4. The molecule has 3 rings (SSSR count). The van der Waals surface area contributed by atoms with Crippen molar-refractivity contribution in [2.75, 3.05) is 33.4 Å². The number of carbonyl (C=O) groups excluding carboxylic acids is 2. The van der Waals surface area contributed by atoms with E-state index in [-0.39, 0.29) is 24.4 Å². The Balaban J connectivity index is 2.23. The first-order valence-electron chi connectivity index (χ1n) is 10.7. The van der Waals surface area contributed by atoms with Crippen molar-refractivity contribution in [2.24, 2.45) is 16.3 Å². The van der Waals surface area contributed by atoms with Gasteiger partial charge in [0.2, 0.25) is 0 Å². The molecule has 1 aliphatic heterocycles. The van der Waals surface area contributed by atoms with Gasteiger partial charge in [-0.1, -0.05) is 43.6 Å². The van der Waals surface area contributed by atoms with Crippen molar-refractivity contribution < 1.29 is 19.4 Å². The van der Waals surface area contributed by atoms with E-state index in [1.807, 2.05) is 30.1 Å². The highest BCUT2D eigenvalue weighted by Gasteiger charge is 2.48. The minimum atomic E-state index is -0.540. The lowest BCUT2D eigenvalue weighted by molar-refractivity contribution is -0.139. The van der Waals surface area contributed by atoms with Gasteiger partial charge in [0.05, 0.1) is 30.4 Å². The summed E-state index contributed by atoms with van der Waals surface area (Å²) in [6.45, 7) is 6.91. The molecule has 1 heterocycles. The molecule has 168 valence electrons. The third kappa shape index (κ3) is 5.08. The Morgan fingerprint density at radius 2 is 2.00 bits per heavy atom. The molecule has 2 aliphatic rings. The van der Waals surface area contributed by atoms with Gasteiger partial charge in [-0.05, 0) is 37.4 Å². The molecule has 0 bridgehead atoms. The van der Waals surface area contributed by atoms with Gasteiger partial charge in [-0.3, -0.25) is 14.7 Å². The molecule has 0 radical (unpaired) electrons. The number of halogens is 1. The largest absolute Gasteiger partial charge is 0.463 e. The summed E-state index contributed by atoms with van der Waals surface area (Å²) in [5.74, 6) is -1.47. The van der Waals surface area contributed by atoms with E-state index in [2.05, 4.69) is 13.8 Å². The van der Waals surface area contributed by atoms with E-state index in [1.165, 1.54) is 0 Å². The number of nitrogens with zero attached hydrogens (tertiary/aromatic N) is 2. The van der Waals surface area contributed by atoms with Crippen LogP contribution in [0, 0.1) is 11.3 Å². The second-order valence-corrected chi connectivity index (χ2v) is 9.51. The Kier molecular flexibility index (Phi) is 7.35. The van der Waals surface area contributed by atoms with Crippen molar-refractivity contribution in [3.05, 3.63) is 46.1 Å². The Labute approximate surface area is 188 Å². The molecule has 2 unspecified atom stereocenters. The number of ether oxygens (including phenoxy) is 1. The predicted molar refractivity (Wildman–Crippen MR) is 121 cm³/mol. The van der Waals surface area contributed by atoms with Crippen molar-refractivity contribution in [3.63, 3.8) is 0 Å². The molecule has 0 spiro atoms. The number of Topliss-reactive ketones (excluding diaryl/α,β-unsaturated/α-hetero) is 1. The third-order valence-electron chi connectivity index (χ3n) is 5.89. The minimum Gasteiger partial charge on any atom is -0.463 e. The lowest BCUT2D eigenvalue weighted by atomic mass is 9.63. The molecule has 1 N–H and O–H groups in total. The van der Waals surface area contributed by atoms with Gasteiger partial charge in [-0.25, -0.2) is 4.79 Å². The number of likely N-dealkylation sites (N-methyl/N-ethyl adjacent to an activating group) is 1. The highest BCUT2D eigenvalue weighted by molar-refractivity contribution is 6.31. The fourth-order valence-corrected chi connectivity index (χ4v) is 4.89. The van der Waals surface area contributed by atoms with Crippen molar-refractivity contribution in [2.45, 2.75) is 39.5 Å². The van der Waals surface area contributed by atoms with Gasteiger partial charge in [0.25, 0.3) is 0 Å². The van der Waals surface area contributed by atoms with E-state index >= 15 is 0 Å². The number of carbonyl (C=O) groups is 2. The number of ketones is 1. The van der Waals surface area contributed by atoms with Crippen LogP contribution in [-0.4, -0.2) is 60.8 Å². The van der Waals surface area contributed by atoms with E-state index in [1.54, 1.807) is 13.0 Å². The Bertz CT molecular complexity index is 922. The average Bonchev–Trinajstić information content (AvgIpc) is 2.66. The zero-order chi connectivity index (χ0) is 22.8. The highest BCUT2D eigenvalue weighted by atomic mass is 35.5. The van der Waals surface area contributed by atoms with Gasteiger partial charge in [-0.15, -0.1) is 0 Å². The van der Waals surface area contributed by atoms with Gasteiger partial charge >= 0.3 is 5.97 Å². The van der Waals surface area contributed by atoms with Crippen molar-refractivity contribution >= 4 is 29.1 Å². The molecule has 31 heavy (non-hydrogen) atoms. The molecule has 7 heteroatoms. The Hall–Kier alpha value is -2.02. The Morgan fingerprint density at radius 3 is 2.65 bits per heavy atom. The van der Waals surface area contributed by atoms with Crippen LogP contribution in [0.15, 0.2) is 40.5 Å². The summed E-state index contributed by atoms with van der Waals surface area (Å²) < 4.78 is 5.41. The molecule has 2 atom stereocenters. The van der Waals surface area contributed by atoms with Crippen LogP contribution >= 0.6 is 11.6 Å². The van der Waals surface area contributed by atoms with Gasteiger partial charge in [-0.2, -0.15) is 0 Å². The normalized spacial score (nSPS) is 22.9. The highest BCUT2D eigenvalue weighted by Crippen LogP contribution is 2.48. The summed E-state index contributed by atoms with van der Waals surface area (Å²) >= 11 is 6.57. The van der Waals surface area contributed by atoms with E-state index in [9.17, 15) is 14.7 Å². The summed E-state index contributed by atoms with van der Waals surface area (Å²) in [4.78, 5) is 33.3. The van der Waals surface area contributed by atoms with E-state index in [0.29, 0.717) is 42.2 Å². The summed E-state index contributed by atoms with van der Waals surface area (Å²) in [6, 6.07) is 7.35. The van der Waals surface area contributed by atoms with Crippen molar-refractivity contribution in [3.8, 4) is 0 Å². The smallest absolute Gasteiger partial charge is 0.336 e. The molecule has 6 nitrogen and oxygen atoms in total. The predicted octanol–water partition coefficient (Wildman–Crippen LogP) is 3.62. The van der Waals surface area contributed by atoms with Crippen LogP contribution in [0.4, 0.5) is 0 Å². The van der Waals surface area contributed by atoms with E-state index in [4.69, 9.17) is 21.3 Å². The number of rotatable bonds is 7. The first kappa shape index (κ1) is 23.6. The number of hydrogen-bond donors (Lipinski definition) is 1. The number of benzene rings is 1. The number of aliphatic imine (C=N–C) groups is 1. The lowest BCUT2D eigenvalue weighted by Crippen LogP contribution is -2.45. The summed E-state index contributed by atoms with van der Waals surface area (Å²) in [5.41, 5.74) is 2.31. The topological polar surface area (TPSA) is 79.2 Å². The summed E-state index contributed by atoms with van der Waals surface area (Å²) in [7, 11) is 1.86. The number of esters is 1. The van der Waals surface area contributed by atoms with Crippen LogP contribution in [0.25, 0.3) is 0 Å². The zero-order valence-corrected chi connectivity index (χ0v) is 19.4. The molecular weight excluding hydrogens is 416 g/mol. The van der Waals surface area contributed by atoms with Crippen LogP contribution < -0.4 is 0 Å². The first-order valence-corrected chi connectivity index (χ1v) is 11.1. The molecule has 0 amide bonds. The average molecular weight is 447 g/mol. The molecule has 0 saturated heterocycles. The molecule has 1 aromatic rings. The molecular formula is C24H31ClN2O4. The SMILES string of the molecule is CCOC(=O)C1=C(CN(C)CCO)N=C2CC(C)(C)CC(=O)C2C1c1ccccc1Cl. The van der Waals surface area contributed by atoms with Gasteiger partial charge < -0.3 is 9.84 Å². The molecule has 0 aromatic heterocycles. The van der Waals surface area contributed by atoms with Crippen LogP contribution in [0.1, 0.15) is 45.1 Å². The first-order chi connectivity index (χ1) is 14.7. The fraction of sp³-hybridized carbons (Fsp3) is 0.542. The van der Waals surface area contributed by atoms with E-state index in [0.717, 1.165) is 11.3 Å². The van der Waals surface area contributed by atoms with Crippen LogP contribution in [-0.2, 0) is 14.3 Å². The Morgan fingerprint density at radius 1 is 1.29 bits per heavy atom. The number of fused-ring (bicyclic) bond motifs is 1. The maximum absolute atomic E-state index is 13.4. The lowest BCUT2D eigenvalue weighted by Gasteiger charge is -2.41. The van der Waals surface area contributed by atoms with Gasteiger partial charge in [0.1, 0.15) is 5.78 Å². The molecule has 1 fully saturated rings. The van der Waals surface area contributed by atoms with Crippen LogP contribution in [0.5, 0.6) is 0 Å². The standard InChI is InChI=1S/C24H31ClN2O4/c1-5-31-23(30)22-18(14-27(4)10-11-28)26-17-12-24(2,3)13-19(29)21(17)20(22)15-8-6-7-9-16(15)25/h6-9,20-21,28H,5,10-14H2,1-4H3. The van der Waals surface area contributed by atoms with Crippen LogP contribution in [0.3, 0.4) is 0 Å². The quantitative estimate of drug-likeness (QED) is 0.647. The molecule has 1 saturated carbocycles.